The molecule has 1 saturated heterocycles. The summed E-state index contributed by atoms with van der Waals surface area (Å²) >= 11 is 1.17. The summed E-state index contributed by atoms with van der Waals surface area (Å²) < 4.78 is 0. The number of aliphatic imine (C=N–C) groups is 1. The van der Waals surface area contributed by atoms with Crippen LogP contribution in [0.5, 0.6) is 0 Å². The molecule has 1 aliphatic heterocycles. The van der Waals surface area contributed by atoms with Crippen LogP contribution in [-0.2, 0) is 9.59 Å². The van der Waals surface area contributed by atoms with Crippen LogP contribution in [0.4, 0.5) is 5.69 Å². The molecule has 0 radical (unpaired) electrons. The van der Waals surface area contributed by atoms with Crippen LogP contribution in [0.2, 0.25) is 0 Å². The Bertz CT molecular complexity index is 549. The van der Waals surface area contributed by atoms with Crippen LogP contribution in [0.3, 0.4) is 0 Å². The van der Waals surface area contributed by atoms with Crippen LogP contribution in [0.25, 0.3) is 0 Å². The highest BCUT2D eigenvalue weighted by atomic mass is 32.2. The summed E-state index contributed by atoms with van der Waals surface area (Å²) in [4.78, 5) is 26.7. The molecule has 1 aromatic rings. The molecule has 1 aliphatic rings. The second kappa shape index (κ2) is 5.44. The molecule has 1 unspecified atom stereocenters. The van der Waals surface area contributed by atoms with Gasteiger partial charge in [0.25, 0.3) is 0 Å². The summed E-state index contributed by atoms with van der Waals surface area (Å²) in [7, 11) is 0. The number of carboxylic acid groups (broad SMARTS) is 1. The number of carboxylic acids is 1. The summed E-state index contributed by atoms with van der Waals surface area (Å²) in [5.74, 6) is -1.28. The summed E-state index contributed by atoms with van der Waals surface area (Å²) in [6, 6.07) is 5.84. The van der Waals surface area contributed by atoms with Crippen LogP contribution in [0.1, 0.15) is 17.5 Å². The molecule has 1 amide bonds. The molecule has 5 nitrogen and oxygen atoms in total. The molecule has 0 bridgehead atoms. The number of hydrogen-bond donors (Lipinski definition) is 2. The normalized spacial score (nSPS) is 20.6. The molecule has 2 N–H and O–H groups in total. The number of nitrogens with zero attached hydrogens (tertiary/aromatic N) is 1. The van der Waals surface area contributed by atoms with Crippen molar-refractivity contribution in [2.75, 3.05) is 0 Å². The van der Waals surface area contributed by atoms with E-state index in [4.69, 9.17) is 5.11 Å². The van der Waals surface area contributed by atoms with Gasteiger partial charge in [0, 0.05) is 0 Å². The van der Waals surface area contributed by atoms with E-state index in [1.807, 2.05) is 32.0 Å². The fourth-order valence-corrected chi connectivity index (χ4v) is 2.80. The van der Waals surface area contributed by atoms with Gasteiger partial charge in [0.2, 0.25) is 5.91 Å². The van der Waals surface area contributed by atoms with E-state index in [0.29, 0.717) is 5.17 Å². The Labute approximate surface area is 115 Å². The van der Waals surface area contributed by atoms with Gasteiger partial charge >= 0.3 is 5.97 Å². The van der Waals surface area contributed by atoms with Gasteiger partial charge in [-0.2, -0.15) is 0 Å². The molecule has 100 valence electrons. The third-order valence-corrected chi connectivity index (χ3v) is 3.87. The Morgan fingerprint density at radius 1 is 1.42 bits per heavy atom. The maximum absolute atomic E-state index is 11.6. The fourth-order valence-electron chi connectivity index (χ4n) is 1.83. The predicted octanol–water partition coefficient (Wildman–Crippen LogP) is 2.00. The van der Waals surface area contributed by atoms with E-state index in [-0.39, 0.29) is 12.3 Å². The molecule has 1 atom stereocenters. The number of rotatable bonds is 3. The van der Waals surface area contributed by atoms with Crippen molar-refractivity contribution in [3.8, 4) is 0 Å². The lowest BCUT2D eigenvalue weighted by Crippen LogP contribution is -2.26. The minimum Gasteiger partial charge on any atom is -0.481 e. The number of benzene rings is 1. The lowest BCUT2D eigenvalue weighted by atomic mass is 10.1. The Balaban J connectivity index is 2.22. The van der Waals surface area contributed by atoms with Crippen LogP contribution < -0.4 is 5.32 Å². The Kier molecular flexibility index (Phi) is 3.90. The van der Waals surface area contributed by atoms with Gasteiger partial charge in [-0.1, -0.05) is 30.0 Å². The standard InChI is InChI=1S/C13H14N2O3S/c1-7-4-3-5-8(2)11(7)14-13-15-12(18)9(19-13)6-10(16)17/h3-5,9H,6H2,1-2H3,(H,16,17)(H,14,15,18). The first kappa shape index (κ1) is 13.6. The maximum Gasteiger partial charge on any atom is 0.305 e. The molecule has 19 heavy (non-hydrogen) atoms. The molecule has 1 aromatic carbocycles. The number of aryl methyl sites for hydroxylation is 2. The number of amides is 1. The van der Waals surface area contributed by atoms with E-state index in [2.05, 4.69) is 10.3 Å². The Morgan fingerprint density at radius 3 is 2.63 bits per heavy atom. The summed E-state index contributed by atoms with van der Waals surface area (Å²) in [6.07, 6.45) is -0.192. The van der Waals surface area contributed by atoms with Gasteiger partial charge in [-0.3, -0.25) is 9.59 Å². The molecule has 0 spiro atoms. The van der Waals surface area contributed by atoms with Gasteiger partial charge in [0.1, 0.15) is 5.25 Å². The second-order valence-electron chi connectivity index (χ2n) is 4.35. The summed E-state index contributed by atoms with van der Waals surface area (Å²) in [5.41, 5.74) is 2.86. The smallest absolute Gasteiger partial charge is 0.305 e. The van der Waals surface area contributed by atoms with Crippen molar-refractivity contribution in [2.45, 2.75) is 25.5 Å². The summed E-state index contributed by atoms with van der Waals surface area (Å²) in [5, 5.41) is 11.2. The average Bonchev–Trinajstić information content (AvgIpc) is 2.64. The van der Waals surface area contributed by atoms with Gasteiger partial charge < -0.3 is 10.4 Å². The molecule has 0 saturated carbocycles. The third-order valence-electron chi connectivity index (χ3n) is 2.79. The fraction of sp³-hybridized carbons (Fsp3) is 0.308. The monoisotopic (exact) mass is 278 g/mol. The van der Waals surface area contributed by atoms with E-state index >= 15 is 0 Å². The van der Waals surface area contributed by atoms with E-state index in [1.54, 1.807) is 0 Å². The van der Waals surface area contributed by atoms with Crippen LogP contribution in [0, 0.1) is 13.8 Å². The number of thioether (sulfide) groups is 1. The zero-order valence-electron chi connectivity index (χ0n) is 10.6. The van der Waals surface area contributed by atoms with Crippen molar-refractivity contribution in [1.29, 1.82) is 0 Å². The minimum atomic E-state index is -0.985. The molecule has 6 heteroatoms. The zero-order valence-corrected chi connectivity index (χ0v) is 11.5. The molecular formula is C13H14N2O3S. The number of amidine groups is 1. The van der Waals surface area contributed by atoms with Crippen molar-refractivity contribution in [3.05, 3.63) is 29.3 Å². The zero-order chi connectivity index (χ0) is 14.0. The van der Waals surface area contributed by atoms with Gasteiger partial charge in [-0.05, 0) is 25.0 Å². The SMILES string of the molecule is Cc1cccc(C)c1N=C1NC(=O)C(CC(=O)O)S1. The molecule has 2 rings (SSSR count). The van der Waals surface area contributed by atoms with Gasteiger partial charge in [0.15, 0.2) is 5.17 Å². The minimum absolute atomic E-state index is 0.192. The van der Waals surface area contributed by atoms with Crippen molar-refractivity contribution in [1.82, 2.24) is 5.32 Å². The van der Waals surface area contributed by atoms with E-state index < -0.39 is 11.2 Å². The highest BCUT2D eigenvalue weighted by Gasteiger charge is 2.32. The molecule has 1 heterocycles. The van der Waals surface area contributed by atoms with Gasteiger partial charge in [-0.25, -0.2) is 4.99 Å². The Hall–Kier alpha value is -1.82. The number of nitrogens with one attached hydrogen (secondary N) is 1. The van der Waals surface area contributed by atoms with Crippen LogP contribution in [-0.4, -0.2) is 27.4 Å². The van der Waals surface area contributed by atoms with Crippen molar-refractivity contribution >= 4 is 34.5 Å². The van der Waals surface area contributed by atoms with E-state index in [0.717, 1.165) is 16.8 Å². The molecule has 1 fully saturated rings. The number of carbonyl (C=O) groups is 2. The Morgan fingerprint density at radius 2 is 2.05 bits per heavy atom. The lowest BCUT2D eigenvalue weighted by molar-refractivity contribution is -0.138. The predicted molar refractivity (Wildman–Crippen MR) is 74.8 cm³/mol. The van der Waals surface area contributed by atoms with Crippen molar-refractivity contribution in [3.63, 3.8) is 0 Å². The van der Waals surface area contributed by atoms with Crippen LogP contribution in [0.15, 0.2) is 23.2 Å². The average molecular weight is 278 g/mol. The van der Waals surface area contributed by atoms with Gasteiger partial charge in [-0.15, -0.1) is 0 Å². The largest absolute Gasteiger partial charge is 0.481 e. The van der Waals surface area contributed by atoms with Crippen molar-refractivity contribution < 1.29 is 14.7 Å². The molecule has 0 aliphatic carbocycles. The molecule has 0 aromatic heterocycles. The first-order chi connectivity index (χ1) is 8.97. The lowest BCUT2D eigenvalue weighted by Gasteiger charge is -2.05. The topological polar surface area (TPSA) is 78.8 Å². The quantitative estimate of drug-likeness (QED) is 0.886. The highest BCUT2D eigenvalue weighted by Crippen LogP contribution is 2.28. The number of para-hydroxylation sites is 1. The summed E-state index contributed by atoms with van der Waals surface area (Å²) in [6.45, 7) is 3.89. The van der Waals surface area contributed by atoms with Crippen LogP contribution >= 0.6 is 11.8 Å². The number of carbonyl (C=O) groups excluding carboxylic acids is 1. The number of hydrogen-bond acceptors (Lipinski definition) is 4. The van der Waals surface area contributed by atoms with Crippen molar-refractivity contribution in [2.24, 2.45) is 4.99 Å². The van der Waals surface area contributed by atoms with E-state index in [1.165, 1.54) is 11.8 Å². The maximum atomic E-state index is 11.6. The first-order valence-electron chi connectivity index (χ1n) is 5.81. The molecular weight excluding hydrogens is 264 g/mol. The third kappa shape index (κ3) is 3.14. The van der Waals surface area contributed by atoms with Gasteiger partial charge in [0.05, 0.1) is 12.1 Å². The second-order valence-corrected chi connectivity index (χ2v) is 5.54. The number of aliphatic carboxylic acids is 1. The highest BCUT2D eigenvalue weighted by molar-refractivity contribution is 8.15. The van der Waals surface area contributed by atoms with E-state index in [9.17, 15) is 9.59 Å². The first-order valence-corrected chi connectivity index (χ1v) is 6.69.